The van der Waals surface area contributed by atoms with Crippen LogP contribution in [0.2, 0.25) is 0 Å². The number of para-hydroxylation sites is 1. The number of fused-ring (bicyclic) bond motifs is 1. The number of aromatic nitrogens is 4. The van der Waals surface area contributed by atoms with E-state index in [-0.39, 0.29) is 0 Å². The molecule has 6 nitrogen and oxygen atoms in total. The molecular weight excluding hydrogens is 256 g/mol. The summed E-state index contributed by atoms with van der Waals surface area (Å²) >= 11 is 0. The number of nitrogens with zero attached hydrogens (tertiary/aromatic N) is 4. The van der Waals surface area contributed by atoms with Gasteiger partial charge in [0.2, 0.25) is 5.88 Å². The summed E-state index contributed by atoms with van der Waals surface area (Å²) in [5.74, 6) is 0.549. The Balaban J connectivity index is 1.60. The van der Waals surface area contributed by atoms with E-state index in [9.17, 15) is 0 Å². The van der Waals surface area contributed by atoms with Gasteiger partial charge >= 0.3 is 6.01 Å². The van der Waals surface area contributed by atoms with Crippen molar-refractivity contribution in [3.63, 3.8) is 0 Å². The van der Waals surface area contributed by atoms with Gasteiger partial charge in [0.15, 0.2) is 0 Å². The lowest BCUT2D eigenvalue weighted by Crippen LogP contribution is -2.11. The second-order valence-electron chi connectivity index (χ2n) is 3.92. The molecule has 0 N–H and O–H groups in total. The molecule has 6 heteroatoms. The Hall–Kier alpha value is -2.76. The maximum absolute atomic E-state index is 5.61. The minimum absolute atomic E-state index is 0.337. The zero-order chi connectivity index (χ0) is 13.6. The van der Waals surface area contributed by atoms with Gasteiger partial charge in [-0.05, 0) is 18.2 Å². The first-order valence-electron chi connectivity index (χ1n) is 6.16. The maximum Gasteiger partial charge on any atom is 0.316 e. The number of rotatable bonds is 5. The number of hydrogen-bond acceptors (Lipinski definition) is 6. The average Bonchev–Trinajstić information content (AvgIpc) is 2.53. The molecule has 0 radical (unpaired) electrons. The summed E-state index contributed by atoms with van der Waals surface area (Å²) in [4.78, 5) is 16.2. The van der Waals surface area contributed by atoms with E-state index in [0.29, 0.717) is 25.1 Å². The van der Waals surface area contributed by atoms with Gasteiger partial charge in [0.1, 0.15) is 19.5 Å². The molecule has 0 spiro atoms. The molecule has 0 aliphatic rings. The fraction of sp³-hybridized carbons (Fsp3) is 0.143. The Morgan fingerprint density at radius 1 is 0.800 bits per heavy atom. The number of ether oxygens (including phenoxy) is 2. The Bertz CT molecular complexity index is 686. The van der Waals surface area contributed by atoms with Crippen molar-refractivity contribution in [1.82, 2.24) is 19.9 Å². The van der Waals surface area contributed by atoms with Gasteiger partial charge < -0.3 is 9.47 Å². The minimum atomic E-state index is 0.337. The molecular formula is C14H12N4O2. The molecule has 2 aromatic heterocycles. The largest absolute Gasteiger partial charge is 0.474 e. The fourth-order valence-electron chi connectivity index (χ4n) is 1.73. The zero-order valence-corrected chi connectivity index (χ0v) is 10.6. The van der Waals surface area contributed by atoms with Gasteiger partial charge in [0.05, 0.1) is 10.9 Å². The number of benzene rings is 1. The van der Waals surface area contributed by atoms with E-state index in [1.807, 2.05) is 24.3 Å². The summed E-state index contributed by atoms with van der Waals surface area (Å²) in [5, 5.41) is 0.881. The third-order valence-electron chi connectivity index (χ3n) is 2.60. The summed E-state index contributed by atoms with van der Waals surface area (Å²) in [7, 11) is 0. The first-order valence-corrected chi connectivity index (χ1v) is 6.16. The van der Waals surface area contributed by atoms with Gasteiger partial charge in [0, 0.05) is 12.4 Å². The predicted octanol–water partition coefficient (Wildman–Crippen LogP) is 1.88. The molecule has 3 aromatic rings. The van der Waals surface area contributed by atoms with Crippen molar-refractivity contribution in [2.24, 2.45) is 0 Å². The van der Waals surface area contributed by atoms with Gasteiger partial charge in [-0.3, -0.25) is 0 Å². The normalized spacial score (nSPS) is 10.4. The van der Waals surface area contributed by atoms with Crippen LogP contribution in [-0.4, -0.2) is 33.1 Å². The lowest BCUT2D eigenvalue weighted by molar-refractivity contribution is 0.203. The molecule has 0 amide bonds. The van der Waals surface area contributed by atoms with Crippen LogP contribution in [0.15, 0.2) is 49.1 Å². The third kappa shape index (κ3) is 2.80. The first kappa shape index (κ1) is 12.3. The van der Waals surface area contributed by atoms with Crippen molar-refractivity contribution in [2.45, 2.75) is 0 Å². The highest BCUT2D eigenvalue weighted by Crippen LogP contribution is 2.20. The van der Waals surface area contributed by atoms with E-state index in [1.165, 1.54) is 6.33 Å². The molecule has 0 unspecified atom stereocenters. The average molecular weight is 268 g/mol. The summed E-state index contributed by atoms with van der Waals surface area (Å²) in [6.07, 6.45) is 4.74. The van der Waals surface area contributed by atoms with Gasteiger partial charge in [0.25, 0.3) is 0 Å². The van der Waals surface area contributed by atoms with Crippen LogP contribution >= 0.6 is 0 Å². The van der Waals surface area contributed by atoms with E-state index >= 15 is 0 Å². The standard InChI is InChI=1S/C14H12N4O2/c1-2-5-12-11(4-1)13(18-10-17-12)19-8-9-20-14-15-6-3-7-16-14/h1-7,10H,8-9H2. The summed E-state index contributed by atoms with van der Waals surface area (Å²) < 4.78 is 11.0. The lowest BCUT2D eigenvalue weighted by atomic mass is 10.2. The molecule has 0 aliphatic heterocycles. The first-order chi connectivity index (χ1) is 9.93. The van der Waals surface area contributed by atoms with E-state index in [4.69, 9.17) is 9.47 Å². The molecule has 1 aromatic carbocycles. The highest BCUT2D eigenvalue weighted by atomic mass is 16.5. The smallest absolute Gasteiger partial charge is 0.316 e. The summed E-state index contributed by atoms with van der Waals surface area (Å²) in [6, 6.07) is 9.76. The van der Waals surface area contributed by atoms with Gasteiger partial charge in [-0.2, -0.15) is 0 Å². The highest BCUT2D eigenvalue weighted by Gasteiger charge is 2.04. The van der Waals surface area contributed by atoms with Crippen LogP contribution in [0, 0.1) is 0 Å². The van der Waals surface area contributed by atoms with Crippen LogP contribution in [-0.2, 0) is 0 Å². The monoisotopic (exact) mass is 268 g/mol. The molecule has 0 fully saturated rings. The van der Waals surface area contributed by atoms with Crippen LogP contribution < -0.4 is 9.47 Å². The fourth-order valence-corrected chi connectivity index (χ4v) is 1.73. The molecule has 20 heavy (non-hydrogen) atoms. The second-order valence-corrected chi connectivity index (χ2v) is 3.92. The molecule has 3 rings (SSSR count). The topological polar surface area (TPSA) is 70.0 Å². The van der Waals surface area contributed by atoms with E-state index in [2.05, 4.69) is 19.9 Å². The molecule has 0 saturated heterocycles. The van der Waals surface area contributed by atoms with Crippen LogP contribution in [0.5, 0.6) is 11.9 Å². The van der Waals surface area contributed by atoms with E-state index in [1.54, 1.807) is 18.5 Å². The number of hydrogen-bond donors (Lipinski definition) is 0. The predicted molar refractivity (Wildman–Crippen MR) is 72.6 cm³/mol. The SMILES string of the molecule is c1cnc(OCCOc2ncnc3ccccc23)nc1. The minimum Gasteiger partial charge on any atom is -0.474 e. The van der Waals surface area contributed by atoms with Crippen molar-refractivity contribution in [2.75, 3.05) is 13.2 Å². The maximum atomic E-state index is 5.61. The summed E-state index contributed by atoms with van der Waals surface area (Å²) in [6.45, 7) is 0.710. The van der Waals surface area contributed by atoms with Gasteiger partial charge in [-0.25, -0.2) is 19.9 Å². The van der Waals surface area contributed by atoms with Crippen molar-refractivity contribution < 1.29 is 9.47 Å². The molecule has 0 saturated carbocycles. The molecule has 0 atom stereocenters. The molecule has 0 aliphatic carbocycles. The van der Waals surface area contributed by atoms with Crippen molar-refractivity contribution in [3.8, 4) is 11.9 Å². The van der Waals surface area contributed by atoms with Gasteiger partial charge in [-0.15, -0.1) is 0 Å². The Morgan fingerprint density at radius 2 is 1.60 bits per heavy atom. The lowest BCUT2D eigenvalue weighted by Gasteiger charge is -2.07. The van der Waals surface area contributed by atoms with Crippen molar-refractivity contribution in [1.29, 1.82) is 0 Å². The Morgan fingerprint density at radius 3 is 2.50 bits per heavy atom. The van der Waals surface area contributed by atoms with Crippen molar-refractivity contribution >= 4 is 10.9 Å². The van der Waals surface area contributed by atoms with Gasteiger partial charge in [-0.1, -0.05) is 12.1 Å². The van der Waals surface area contributed by atoms with Crippen LogP contribution in [0.3, 0.4) is 0 Å². The van der Waals surface area contributed by atoms with E-state index < -0.39 is 0 Å². The molecule has 0 bridgehead atoms. The summed E-state index contributed by atoms with van der Waals surface area (Å²) in [5.41, 5.74) is 0.852. The molecule has 100 valence electrons. The highest BCUT2D eigenvalue weighted by molar-refractivity contribution is 5.82. The second kappa shape index (κ2) is 5.92. The van der Waals surface area contributed by atoms with Crippen molar-refractivity contribution in [3.05, 3.63) is 49.1 Å². The Kier molecular flexibility index (Phi) is 3.64. The zero-order valence-electron chi connectivity index (χ0n) is 10.6. The van der Waals surface area contributed by atoms with E-state index in [0.717, 1.165) is 10.9 Å². The third-order valence-corrected chi connectivity index (χ3v) is 2.60. The van der Waals surface area contributed by atoms with Crippen LogP contribution in [0.4, 0.5) is 0 Å². The molecule has 2 heterocycles. The van der Waals surface area contributed by atoms with Crippen LogP contribution in [0.25, 0.3) is 10.9 Å². The quantitative estimate of drug-likeness (QED) is 0.658. The van der Waals surface area contributed by atoms with Crippen LogP contribution in [0.1, 0.15) is 0 Å². The Labute approximate surface area is 115 Å².